The van der Waals surface area contributed by atoms with Gasteiger partial charge < -0.3 is 11.1 Å². The molecule has 1 amide bonds. The van der Waals surface area contributed by atoms with Crippen LogP contribution >= 0.6 is 0 Å². The van der Waals surface area contributed by atoms with Crippen LogP contribution in [0.25, 0.3) is 0 Å². The number of benzene rings is 1. The summed E-state index contributed by atoms with van der Waals surface area (Å²) in [4.78, 5) is 12.3. The fourth-order valence-electron chi connectivity index (χ4n) is 2.69. The molecule has 8 heteroatoms. The smallest absolute Gasteiger partial charge is 0.251 e. The van der Waals surface area contributed by atoms with Crippen molar-refractivity contribution < 1.29 is 17.6 Å². The Morgan fingerprint density at radius 2 is 2.00 bits per heavy atom. The largest absolute Gasteiger partial charge is 0.345 e. The summed E-state index contributed by atoms with van der Waals surface area (Å²) in [5.74, 6) is -1.12. The van der Waals surface area contributed by atoms with Crippen molar-refractivity contribution in [2.45, 2.75) is 31.2 Å². The number of sulfonamides is 1. The van der Waals surface area contributed by atoms with Crippen LogP contribution in [0.1, 0.15) is 36.0 Å². The lowest BCUT2D eigenvalue weighted by atomic mass is 9.97. The maximum Gasteiger partial charge on any atom is 0.251 e. The third-order valence-electron chi connectivity index (χ3n) is 3.85. The molecule has 122 valence electrons. The second-order valence-corrected chi connectivity index (χ2v) is 7.46. The minimum Gasteiger partial charge on any atom is -0.345 e. The summed E-state index contributed by atoms with van der Waals surface area (Å²) >= 11 is 0. The van der Waals surface area contributed by atoms with Crippen LogP contribution in [0.15, 0.2) is 18.2 Å². The van der Waals surface area contributed by atoms with Crippen LogP contribution in [-0.2, 0) is 10.0 Å². The highest BCUT2D eigenvalue weighted by molar-refractivity contribution is 7.92. The van der Waals surface area contributed by atoms with Gasteiger partial charge in [-0.3, -0.25) is 9.52 Å². The zero-order chi connectivity index (χ0) is 16.4. The van der Waals surface area contributed by atoms with Gasteiger partial charge in [0.1, 0.15) is 5.82 Å². The molecule has 1 aromatic rings. The first-order chi connectivity index (χ1) is 10.2. The van der Waals surface area contributed by atoms with Crippen molar-refractivity contribution in [1.29, 1.82) is 0 Å². The van der Waals surface area contributed by atoms with Gasteiger partial charge in [0.25, 0.3) is 5.91 Å². The Morgan fingerprint density at radius 3 is 2.55 bits per heavy atom. The van der Waals surface area contributed by atoms with Crippen LogP contribution in [-0.4, -0.2) is 32.7 Å². The molecule has 22 heavy (non-hydrogen) atoms. The van der Waals surface area contributed by atoms with E-state index in [-0.39, 0.29) is 17.2 Å². The van der Waals surface area contributed by atoms with Crippen molar-refractivity contribution in [3.05, 3.63) is 29.6 Å². The Balaban J connectivity index is 2.21. The summed E-state index contributed by atoms with van der Waals surface area (Å²) < 4.78 is 38.1. The van der Waals surface area contributed by atoms with E-state index >= 15 is 0 Å². The van der Waals surface area contributed by atoms with Gasteiger partial charge in [0, 0.05) is 12.1 Å². The Hall–Kier alpha value is -1.67. The summed E-state index contributed by atoms with van der Waals surface area (Å²) in [6, 6.07) is 3.56. The van der Waals surface area contributed by atoms with E-state index in [2.05, 4.69) is 10.0 Å². The molecule has 0 atom stereocenters. The Bertz CT molecular complexity index is 670. The lowest BCUT2D eigenvalue weighted by Gasteiger charge is -2.28. The molecular formula is C14H20FN3O3S. The molecule has 0 saturated heterocycles. The SMILES string of the molecule is CS(=O)(=O)Nc1cc(C(=O)NC2(CN)CCCC2)ccc1F. The molecule has 1 aliphatic rings. The van der Waals surface area contributed by atoms with Gasteiger partial charge >= 0.3 is 0 Å². The number of halogens is 1. The molecule has 0 radical (unpaired) electrons. The third kappa shape index (κ3) is 3.95. The van der Waals surface area contributed by atoms with E-state index in [1.165, 1.54) is 12.1 Å². The maximum absolute atomic E-state index is 13.6. The Labute approximate surface area is 129 Å². The molecule has 1 fully saturated rings. The van der Waals surface area contributed by atoms with Crippen LogP contribution in [0.4, 0.5) is 10.1 Å². The third-order valence-corrected chi connectivity index (χ3v) is 4.44. The highest BCUT2D eigenvalue weighted by atomic mass is 32.2. The molecule has 0 bridgehead atoms. The number of hydrogen-bond donors (Lipinski definition) is 3. The van der Waals surface area contributed by atoms with Gasteiger partial charge in [0.05, 0.1) is 17.5 Å². The fraction of sp³-hybridized carbons (Fsp3) is 0.500. The van der Waals surface area contributed by atoms with Crippen LogP contribution in [0.5, 0.6) is 0 Å². The van der Waals surface area contributed by atoms with E-state index in [4.69, 9.17) is 5.73 Å². The summed E-state index contributed by atoms with van der Waals surface area (Å²) in [5.41, 5.74) is 5.29. The number of amides is 1. The molecule has 1 aromatic carbocycles. The normalized spacial score (nSPS) is 17.2. The van der Waals surface area contributed by atoms with Crippen molar-refractivity contribution in [3.8, 4) is 0 Å². The van der Waals surface area contributed by atoms with Gasteiger partial charge in [-0.05, 0) is 31.0 Å². The molecule has 1 saturated carbocycles. The van der Waals surface area contributed by atoms with Gasteiger partial charge in [-0.25, -0.2) is 12.8 Å². The molecular weight excluding hydrogens is 309 g/mol. The molecule has 0 unspecified atom stereocenters. The van der Waals surface area contributed by atoms with E-state index in [1.54, 1.807) is 0 Å². The molecule has 0 aromatic heterocycles. The van der Waals surface area contributed by atoms with E-state index in [9.17, 15) is 17.6 Å². The standard InChI is InChI=1S/C14H20FN3O3S/c1-22(20,21)18-12-8-10(4-5-11(12)15)13(19)17-14(9-16)6-2-3-7-14/h4-5,8,18H,2-3,6-7,9,16H2,1H3,(H,17,19). The Morgan fingerprint density at radius 1 is 1.36 bits per heavy atom. The quantitative estimate of drug-likeness (QED) is 0.755. The highest BCUT2D eigenvalue weighted by Crippen LogP contribution is 2.29. The van der Waals surface area contributed by atoms with Crippen LogP contribution in [0.3, 0.4) is 0 Å². The summed E-state index contributed by atoms with van der Waals surface area (Å²) in [6.07, 6.45) is 4.54. The Kier molecular flexibility index (Phi) is 4.72. The second-order valence-electron chi connectivity index (χ2n) is 5.71. The predicted octanol–water partition coefficient (Wildman–Crippen LogP) is 1.20. The molecule has 2 rings (SSSR count). The van der Waals surface area contributed by atoms with Gasteiger partial charge in [0.15, 0.2) is 0 Å². The minimum absolute atomic E-state index is 0.187. The number of nitrogens with one attached hydrogen (secondary N) is 2. The summed E-state index contributed by atoms with van der Waals surface area (Å²) in [6.45, 7) is 0.342. The molecule has 6 nitrogen and oxygen atoms in total. The molecule has 1 aliphatic carbocycles. The first-order valence-electron chi connectivity index (χ1n) is 7.05. The number of rotatable bonds is 5. The molecule has 0 heterocycles. The van der Waals surface area contributed by atoms with Crippen LogP contribution < -0.4 is 15.8 Å². The number of carbonyl (C=O) groups is 1. The van der Waals surface area contributed by atoms with Gasteiger partial charge in [-0.2, -0.15) is 0 Å². The molecule has 0 spiro atoms. The van der Waals surface area contributed by atoms with Gasteiger partial charge in [0.2, 0.25) is 10.0 Å². The van der Waals surface area contributed by atoms with E-state index < -0.39 is 21.4 Å². The second kappa shape index (κ2) is 6.21. The maximum atomic E-state index is 13.6. The first-order valence-corrected chi connectivity index (χ1v) is 8.94. The predicted molar refractivity (Wildman–Crippen MR) is 82.6 cm³/mol. The summed E-state index contributed by atoms with van der Waals surface area (Å²) in [5, 5.41) is 2.90. The van der Waals surface area contributed by atoms with Crippen molar-refractivity contribution in [2.75, 3.05) is 17.5 Å². The number of nitrogens with two attached hydrogens (primary N) is 1. The van der Waals surface area contributed by atoms with E-state index in [0.29, 0.717) is 6.54 Å². The minimum atomic E-state index is -3.62. The van der Waals surface area contributed by atoms with Crippen LogP contribution in [0, 0.1) is 5.82 Å². The number of hydrogen-bond acceptors (Lipinski definition) is 4. The van der Waals surface area contributed by atoms with Crippen LogP contribution in [0.2, 0.25) is 0 Å². The molecule has 0 aliphatic heterocycles. The fourth-order valence-corrected chi connectivity index (χ4v) is 3.25. The first kappa shape index (κ1) is 16.7. The molecule has 4 N–H and O–H groups in total. The van der Waals surface area contributed by atoms with E-state index in [0.717, 1.165) is 38.0 Å². The lowest BCUT2D eigenvalue weighted by molar-refractivity contribution is 0.0903. The summed E-state index contributed by atoms with van der Waals surface area (Å²) in [7, 11) is -3.62. The average molecular weight is 329 g/mol. The van der Waals surface area contributed by atoms with Gasteiger partial charge in [-0.15, -0.1) is 0 Å². The number of carbonyl (C=O) groups excluding carboxylic acids is 1. The lowest BCUT2D eigenvalue weighted by Crippen LogP contribution is -2.51. The van der Waals surface area contributed by atoms with E-state index in [1.807, 2.05) is 0 Å². The average Bonchev–Trinajstić information content (AvgIpc) is 2.89. The van der Waals surface area contributed by atoms with Gasteiger partial charge in [-0.1, -0.05) is 12.8 Å². The zero-order valence-electron chi connectivity index (χ0n) is 12.4. The monoisotopic (exact) mass is 329 g/mol. The highest BCUT2D eigenvalue weighted by Gasteiger charge is 2.34. The topological polar surface area (TPSA) is 101 Å². The number of anilines is 1. The van der Waals surface area contributed by atoms with Crippen molar-refractivity contribution in [1.82, 2.24) is 5.32 Å². The van der Waals surface area contributed by atoms with Crippen molar-refractivity contribution in [3.63, 3.8) is 0 Å². The van der Waals surface area contributed by atoms with Crippen molar-refractivity contribution in [2.24, 2.45) is 5.73 Å². The zero-order valence-corrected chi connectivity index (χ0v) is 13.2. The van der Waals surface area contributed by atoms with Crippen molar-refractivity contribution >= 4 is 21.6 Å².